The molecule has 0 spiro atoms. The first-order valence-electron chi connectivity index (χ1n) is 4.95. The molecule has 0 fully saturated rings. The number of hydrogen-bond donors (Lipinski definition) is 0. The molecule has 0 amide bonds. The van der Waals surface area contributed by atoms with E-state index in [0.717, 1.165) is 17.9 Å². The molecule has 0 saturated carbocycles. The van der Waals surface area contributed by atoms with E-state index in [2.05, 4.69) is 11.9 Å². The number of aryl methyl sites for hydroxylation is 1. The largest absolute Gasteiger partial charge is 0.492 e. The first-order chi connectivity index (χ1) is 6.38. The van der Waals surface area contributed by atoms with Crippen molar-refractivity contribution in [2.75, 3.05) is 6.61 Å². The van der Waals surface area contributed by atoms with Crippen LogP contribution in [0.3, 0.4) is 0 Å². The van der Waals surface area contributed by atoms with Gasteiger partial charge in [-0.3, -0.25) is 4.98 Å². The number of unbranched alkanes of at least 4 members (excludes halogenated alkanes) is 1. The second-order valence-electron chi connectivity index (χ2n) is 2.98. The van der Waals surface area contributed by atoms with Crippen LogP contribution in [-0.4, -0.2) is 11.6 Å². The number of nitrogens with zero attached hydrogens (tertiary/aromatic N) is 1. The predicted molar refractivity (Wildman–Crippen MR) is 54.0 cm³/mol. The van der Waals surface area contributed by atoms with Gasteiger partial charge in [0.2, 0.25) is 0 Å². The topological polar surface area (TPSA) is 22.1 Å². The monoisotopic (exact) mass is 179 g/mol. The zero-order chi connectivity index (χ0) is 9.52. The zero-order valence-corrected chi connectivity index (χ0v) is 8.42. The van der Waals surface area contributed by atoms with E-state index in [1.165, 1.54) is 12.8 Å². The molecule has 1 aromatic rings. The highest BCUT2D eigenvalue weighted by molar-refractivity contribution is 5.26. The van der Waals surface area contributed by atoms with Gasteiger partial charge in [0.25, 0.3) is 0 Å². The lowest BCUT2D eigenvalue weighted by molar-refractivity contribution is 0.334. The van der Waals surface area contributed by atoms with Gasteiger partial charge in [0.1, 0.15) is 5.75 Å². The maximum atomic E-state index is 5.47. The molecular formula is C11H17NO. The summed E-state index contributed by atoms with van der Waals surface area (Å²) in [5, 5.41) is 0. The summed E-state index contributed by atoms with van der Waals surface area (Å²) in [6, 6.07) is 3.90. The maximum Gasteiger partial charge on any atom is 0.140 e. The van der Waals surface area contributed by atoms with Gasteiger partial charge in [-0.1, -0.05) is 13.3 Å². The third-order valence-corrected chi connectivity index (χ3v) is 1.92. The minimum atomic E-state index is 0.713. The van der Waals surface area contributed by atoms with Crippen molar-refractivity contribution in [2.24, 2.45) is 0 Å². The Hall–Kier alpha value is -1.05. The van der Waals surface area contributed by atoms with Gasteiger partial charge in [-0.15, -0.1) is 0 Å². The minimum Gasteiger partial charge on any atom is -0.492 e. The van der Waals surface area contributed by atoms with Crippen LogP contribution in [-0.2, 0) is 6.42 Å². The normalized spacial score (nSPS) is 10.0. The van der Waals surface area contributed by atoms with Crippen LogP contribution < -0.4 is 4.74 Å². The summed E-state index contributed by atoms with van der Waals surface area (Å²) in [4.78, 5) is 4.31. The van der Waals surface area contributed by atoms with Crippen molar-refractivity contribution in [1.82, 2.24) is 4.98 Å². The Morgan fingerprint density at radius 1 is 1.38 bits per heavy atom. The predicted octanol–water partition coefficient (Wildman–Crippen LogP) is 2.82. The molecule has 0 saturated heterocycles. The molecule has 0 aliphatic rings. The zero-order valence-electron chi connectivity index (χ0n) is 8.42. The average Bonchev–Trinajstić information content (AvgIpc) is 2.17. The van der Waals surface area contributed by atoms with Crippen molar-refractivity contribution in [3.05, 3.63) is 24.0 Å². The maximum absolute atomic E-state index is 5.47. The summed E-state index contributed by atoms with van der Waals surface area (Å²) in [6.45, 7) is 4.89. The minimum absolute atomic E-state index is 0.713. The van der Waals surface area contributed by atoms with E-state index in [0.29, 0.717) is 6.61 Å². The molecule has 72 valence electrons. The number of hydrogen-bond acceptors (Lipinski definition) is 2. The molecule has 2 nitrogen and oxygen atoms in total. The van der Waals surface area contributed by atoms with Crippen LogP contribution >= 0.6 is 0 Å². The first kappa shape index (κ1) is 10.0. The molecule has 13 heavy (non-hydrogen) atoms. The number of ether oxygens (including phenoxy) is 1. The van der Waals surface area contributed by atoms with Gasteiger partial charge >= 0.3 is 0 Å². The van der Waals surface area contributed by atoms with E-state index in [1.54, 1.807) is 0 Å². The van der Waals surface area contributed by atoms with E-state index in [1.807, 2.05) is 25.3 Å². The van der Waals surface area contributed by atoms with Gasteiger partial charge in [-0.05, 0) is 31.9 Å². The number of rotatable bonds is 5. The Labute approximate surface area is 80.0 Å². The SMILES string of the molecule is CCCCc1ncccc1OCC. The van der Waals surface area contributed by atoms with Crippen molar-refractivity contribution < 1.29 is 4.74 Å². The Kier molecular flexibility index (Phi) is 4.30. The van der Waals surface area contributed by atoms with Crippen LogP contribution in [0.2, 0.25) is 0 Å². The summed E-state index contributed by atoms with van der Waals surface area (Å²) >= 11 is 0. The Morgan fingerprint density at radius 2 is 2.23 bits per heavy atom. The van der Waals surface area contributed by atoms with Crippen molar-refractivity contribution in [3.63, 3.8) is 0 Å². The third-order valence-electron chi connectivity index (χ3n) is 1.92. The van der Waals surface area contributed by atoms with Gasteiger partial charge < -0.3 is 4.74 Å². The second kappa shape index (κ2) is 5.57. The lowest BCUT2D eigenvalue weighted by Crippen LogP contribution is -1.98. The Morgan fingerprint density at radius 3 is 2.92 bits per heavy atom. The van der Waals surface area contributed by atoms with Gasteiger partial charge in [-0.2, -0.15) is 0 Å². The molecule has 0 N–H and O–H groups in total. The smallest absolute Gasteiger partial charge is 0.140 e. The summed E-state index contributed by atoms with van der Waals surface area (Å²) in [5.41, 5.74) is 1.09. The van der Waals surface area contributed by atoms with Gasteiger partial charge in [0, 0.05) is 6.20 Å². The van der Waals surface area contributed by atoms with Crippen LogP contribution in [0, 0.1) is 0 Å². The van der Waals surface area contributed by atoms with E-state index in [9.17, 15) is 0 Å². The van der Waals surface area contributed by atoms with E-state index >= 15 is 0 Å². The highest BCUT2D eigenvalue weighted by atomic mass is 16.5. The van der Waals surface area contributed by atoms with E-state index in [4.69, 9.17) is 4.74 Å². The number of aromatic nitrogens is 1. The fourth-order valence-electron chi connectivity index (χ4n) is 1.24. The molecule has 0 radical (unpaired) electrons. The van der Waals surface area contributed by atoms with Crippen molar-refractivity contribution in [2.45, 2.75) is 33.1 Å². The second-order valence-corrected chi connectivity index (χ2v) is 2.98. The van der Waals surface area contributed by atoms with Crippen LogP contribution in [0.1, 0.15) is 32.4 Å². The van der Waals surface area contributed by atoms with Crippen molar-refractivity contribution in [1.29, 1.82) is 0 Å². The third kappa shape index (κ3) is 3.05. The molecule has 0 aliphatic heterocycles. The molecule has 1 heterocycles. The fourth-order valence-corrected chi connectivity index (χ4v) is 1.24. The summed E-state index contributed by atoms with van der Waals surface area (Å²) in [5.74, 6) is 0.943. The fraction of sp³-hybridized carbons (Fsp3) is 0.545. The number of pyridine rings is 1. The Balaban J connectivity index is 2.66. The van der Waals surface area contributed by atoms with Crippen LogP contribution in [0.5, 0.6) is 5.75 Å². The molecule has 1 aromatic heterocycles. The lowest BCUT2D eigenvalue weighted by Gasteiger charge is -2.07. The van der Waals surface area contributed by atoms with Gasteiger partial charge in [0.05, 0.1) is 12.3 Å². The molecule has 0 bridgehead atoms. The van der Waals surface area contributed by atoms with Crippen molar-refractivity contribution in [3.8, 4) is 5.75 Å². The molecule has 0 atom stereocenters. The highest BCUT2D eigenvalue weighted by Crippen LogP contribution is 2.17. The van der Waals surface area contributed by atoms with E-state index in [-0.39, 0.29) is 0 Å². The van der Waals surface area contributed by atoms with Gasteiger partial charge in [0.15, 0.2) is 0 Å². The lowest BCUT2D eigenvalue weighted by atomic mass is 10.2. The average molecular weight is 179 g/mol. The molecule has 0 unspecified atom stereocenters. The van der Waals surface area contributed by atoms with Crippen LogP contribution in [0.4, 0.5) is 0 Å². The quantitative estimate of drug-likeness (QED) is 0.693. The van der Waals surface area contributed by atoms with Crippen LogP contribution in [0.15, 0.2) is 18.3 Å². The molecule has 0 aliphatic carbocycles. The van der Waals surface area contributed by atoms with E-state index < -0.39 is 0 Å². The molecule has 2 heteroatoms. The highest BCUT2D eigenvalue weighted by Gasteiger charge is 2.02. The van der Waals surface area contributed by atoms with Crippen LogP contribution in [0.25, 0.3) is 0 Å². The summed E-state index contributed by atoms with van der Waals surface area (Å²) < 4.78 is 5.47. The first-order valence-corrected chi connectivity index (χ1v) is 4.95. The van der Waals surface area contributed by atoms with Gasteiger partial charge in [-0.25, -0.2) is 0 Å². The molecule has 0 aromatic carbocycles. The molecule has 1 rings (SSSR count). The summed E-state index contributed by atoms with van der Waals surface area (Å²) in [6.07, 6.45) is 5.22. The van der Waals surface area contributed by atoms with Crippen molar-refractivity contribution >= 4 is 0 Å². The molecular weight excluding hydrogens is 162 g/mol. The summed E-state index contributed by atoms with van der Waals surface area (Å²) in [7, 11) is 0. The Bertz CT molecular complexity index is 248. The standard InChI is InChI=1S/C11H17NO/c1-3-5-7-10-11(13-4-2)8-6-9-12-10/h6,8-9H,3-5,7H2,1-2H3.